The molecule has 0 saturated carbocycles. The number of ether oxygens (including phenoxy) is 2. The Morgan fingerprint density at radius 3 is 1.63 bits per heavy atom. The number of carbonyl (C=O) groups excluding carboxylic acids is 4. The Bertz CT molecular complexity index is 489. The zero-order valence-electron chi connectivity index (χ0n) is 16.6. The maximum Gasteiger partial charge on any atom is 0.345 e. The lowest BCUT2D eigenvalue weighted by molar-refractivity contribution is -0.222. The summed E-state index contributed by atoms with van der Waals surface area (Å²) in [6, 6.07) is 0. The van der Waals surface area contributed by atoms with E-state index in [9.17, 15) is 19.2 Å². The molecule has 0 spiro atoms. The van der Waals surface area contributed by atoms with E-state index >= 15 is 0 Å². The molecule has 0 atom stereocenters. The van der Waals surface area contributed by atoms with E-state index < -0.39 is 36.0 Å². The van der Waals surface area contributed by atoms with Crippen molar-refractivity contribution in [1.29, 1.82) is 0 Å². The van der Waals surface area contributed by atoms with Gasteiger partial charge in [-0.1, -0.05) is 65.2 Å². The minimum atomic E-state index is -2.14. The lowest BCUT2D eigenvalue weighted by Crippen LogP contribution is -2.46. The summed E-state index contributed by atoms with van der Waals surface area (Å²) < 4.78 is 10.4. The van der Waals surface area contributed by atoms with Gasteiger partial charge in [-0.3, -0.25) is 24.5 Å². The molecule has 0 aliphatic carbocycles. The Hall–Kier alpha value is -1.92. The molecule has 1 heterocycles. The first kappa shape index (κ1) is 23.1. The average molecular weight is 383 g/mol. The predicted octanol–water partition coefficient (Wildman–Crippen LogP) is 3.54. The molecule has 1 N–H and O–H groups in total. The minimum absolute atomic E-state index is 0.126. The second kappa shape index (κ2) is 12.5. The van der Waals surface area contributed by atoms with E-state index in [-0.39, 0.29) is 12.8 Å². The van der Waals surface area contributed by atoms with Crippen LogP contribution in [0.15, 0.2) is 0 Å². The molecular weight excluding hydrogens is 350 g/mol. The standard InChI is InChI=1S/C20H33NO6/c1-3-5-7-9-11-13-17(23)26-20(15-16(22)21-19(20)25)27-18(24)14-12-10-8-6-4-2/h3-15H2,1-2H3,(H,21,22,25). The van der Waals surface area contributed by atoms with Crippen molar-refractivity contribution in [3.63, 3.8) is 0 Å². The molecule has 7 nitrogen and oxygen atoms in total. The van der Waals surface area contributed by atoms with Crippen LogP contribution in [0.1, 0.15) is 97.3 Å². The summed E-state index contributed by atoms with van der Waals surface area (Å²) in [6.45, 7) is 4.21. The molecule has 2 amide bonds. The Kier molecular flexibility index (Phi) is 10.7. The van der Waals surface area contributed by atoms with Crippen molar-refractivity contribution in [2.45, 2.75) is 103 Å². The molecule has 1 aliphatic rings. The highest BCUT2D eigenvalue weighted by molar-refractivity contribution is 6.08. The van der Waals surface area contributed by atoms with Gasteiger partial charge in [0.25, 0.3) is 0 Å². The molecule has 0 bridgehead atoms. The van der Waals surface area contributed by atoms with Crippen LogP contribution < -0.4 is 5.32 Å². The highest BCUT2D eigenvalue weighted by atomic mass is 16.7. The lowest BCUT2D eigenvalue weighted by Gasteiger charge is -2.25. The van der Waals surface area contributed by atoms with Crippen molar-refractivity contribution in [3.8, 4) is 0 Å². The van der Waals surface area contributed by atoms with Crippen molar-refractivity contribution in [2.75, 3.05) is 0 Å². The third-order valence-corrected chi connectivity index (χ3v) is 4.52. The van der Waals surface area contributed by atoms with Gasteiger partial charge in [-0.2, -0.15) is 0 Å². The largest absolute Gasteiger partial charge is 0.413 e. The number of rotatable bonds is 14. The van der Waals surface area contributed by atoms with Crippen LogP contribution in [-0.4, -0.2) is 29.5 Å². The van der Waals surface area contributed by atoms with Crippen LogP contribution in [-0.2, 0) is 28.7 Å². The molecule has 1 rings (SSSR count). The van der Waals surface area contributed by atoms with Gasteiger partial charge in [0, 0.05) is 12.8 Å². The molecular formula is C20H33NO6. The zero-order chi connectivity index (χ0) is 20.1. The normalized spacial score (nSPS) is 15.5. The molecule has 27 heavy (non-hydrogen) atoms. The zero-order valence-corrected chi connectivity index (χ0v) is 16.6. The summed E-state index contributed by atoms with van der Waals surface area (Å²) in [7, 11) is 0. The highest BCUT2D eigenvalue weighted by Gasteiger charge is 2.54. The molecule has 0 aromatic rings. The molecule has 1 saturated heterocycles. The highest BCUT2D eigenvalue weighted by Crippen LogP contribution is 2.26. The smallest absolute Gasteiger partial charge is 0.345 e. The summed E-state index contributed by atoms with van der Waals surface area (Å²) in [6.07, 6.45) is 9.29. The topological polar surface area (TPSA) is 98.8 Å². The number of nitrogens with one attached hydrogen (secondary N) is 1. The second-order valence-corrected chi connectivity index (χ2v) is 7.08. The van der Waals surface area contributed by atoms with E-state index in [2.05, 4.69) is 19.2 Å². The molecule has 0 aromatic carbocycles. The van der Waals surface area contributed by atoms with Gasteiger partial charge in [0.2, 0.25) is 5.91 Å². The van der Waals surface area contributed by atoms with Crippen LogP contribution in [0.4, 0.5) is 0 Å². The van der Waals surface area contributed by atoms with Gasteiger partial charge in [-0.15, -0.1) is 0 Å². The van der Waals surface area contributed by atoms with Crippen LogP contribution in [0, 0.1) is 0 Å². The summed E-state index contributed by atoms with van der Waals surface area (Å²) in [5.41, 5.74) is 0. The van der Waals surface area contributed by atoms with E-state index in [1.807, 2.05) is 0 Å². The first-order valence-electron chi connectivity index (χ1n) is 10.2. The summed E-state index contributed by atoms with van der Waals surface area (Å²) in [4.78, 5) is 47.9. The van der Waals surface area contributed by atoms with Crippen molar-refractivity contribution < 1.29 is 28.7 Å². The monoisotopic (exact) mass is 383 g/mol. The van der Waals surface area contributed by atoms with Gasteiger partial charge in [-0.05, 0) is 12.8 Å². The summed E-state index contributed by atoms with van der Waals surface area (Å²) in [5, 5.41) is 2.05. The first-order valence-corrected chi connectivity index (χ1v) is 10.2. The predicted molar refractivity (Wildman–Crippen MR) is 99.4 cm³/mol. The van der Waals surface area contributed by atoms with Crippen molar-refractivity contribution in [3.05, 3.63) is 0 Å². The number of hydrogen-bond acceptors (Lipinski definition) is 6. The fraction of sp³-hybridized carbons (Fsp3) is 0.800. The molecule has 0 aromatic heterocycles. The van der Waals surface area contributed by atoms with Crippen molar-refractivity contribution in [2.24, 2.45) is 0 Å². The number of carbonyl (C=O) groups is 4. The number of imide groups is 1. The van der Waals surface area contributed by atoms with E-state index in [0.29, 0.717) is 12.8 Å². The van der Waals surface area contributed by atoms with E-state index in [1.165, 1.54) is 0 Å². The number of amides is 2. The van der Waals surface area contributed by atoms with Crippen LogP contribution in [0.25, 0.3) is 0 Å². The van der Waals surface area contributed by atoms with Crippen LogP contribution in [0.3, 0.4) is 0 Å². The minimum Gasteiger partial charge on any atom is -0.413 e. The van der Waals surface area contributed by atoms with Crippen molar-refractivity contribution >= 4 is 23.8 Å². The molecule has 1 fully saturated rings. The number of unbranched alkanes of at least 4 members (excludes halogenated alkanes) is 8. The maximum absolute atomic E-state index is 12.1. The third-order valence-electron chi connectivity index (χ3n) is 4.52. The van der Waals surface area contributed by atoms with Crippen LogP contribution in [0.5, 0.6) is 0 Å². The van der Waals surface area contributed by atoms with E-state index in [0.717, 1.165) is 51.4 Å². The quantitative estimate of drug-likeness (QED) is 0.213. The molecule has 7 heteroatoms. The summed E-state index contributed by atoms with van der Waals surface area (Å²) in [5.74, 6) is -4.91. The van der Waals surface area contributed by atoms with Gasteiger partial charge in [0.05, 0.1) is 0 Å². The van der Waals surface area contributed by atoms with Gasteiger partial charge >= 0.3 is 23.6 Å². The maximum atomic E-state index is 12.1. The summed E-state index contributed by atoms with van der Waals surface area (Å²) >= 11 is 0. The molecule has 1 aliphatic heterocycles. The molecule has 154 valence electrons. The molecule has 0 unspecified atom stereocenters. The number of hydrogen-bond donors (Lipinski definition) is 1. The number of esters is 2. The van der Waals surface area contributed by atoms with Gasteiger partial charge in [-0.25, -0.2) is 0 Å². The third kappa shape index (κ3) is 8.54. The first-order chi connectivity index (χ1) is 12.9. The van der Waals surface area contributed by atoms with Gasteiger partial charge in [0.15, 0.2) is 0 Å². The fourth-order valence-electron chi connectivity index (χ4n) is 2.96. The van der Waals surface area contributed by atoms with Crippen LogP contribution in [0.2, 0.25) is 0 Å². The Morgan fingerprint density at radius 2 is 1.26 bits per heavy atom. The van der Waals surface area contributed by atoms with Crippen LogP contribution >= 0.6 is 0 Å². The Balaban J connectivity index is 2.52. The Labute approximate surface area is 161 Å². The lowest BCUT2D eigenvalue weighted by atomic mass is 10.1. The second-order valence-electron chi connectivity index (χ2n) is 7.08. The molecule has 0 radical (unpaired) electrons. The average Bonchev–Trinajstić information content (AvgIpc) is 2.87. The van der Waals surface area contributed by atoms with E-state index in [1.54, 1.807) is 0 Å². The SMILES string of the molecule is CCCCCCCC(=O)OC1(OC(=O)CCCCCCC)CC(=O)NC1=O. The van der Waals surface area contributed by atoms with Gasteiger partial charge in [0.1, 0.15) is 6.42 Å². The Morgan fingerprint density at radius 1 is 0.815 bits per heavy atom. The fourth-order valence-corrected chi connectivity index (χ4v) is 2.96. The van der Waals surface area contributed by atoms with Crippen molar-refractivity contribution in [1.82, 2.24) is 5.32 Å². The van der Waals surface area contributed by atoms with E-state index in [4.69, 9.17) is 9.47 Å². The van der Waals surface area contributed by atoms with Gasteiger partial charge < -0.3 is 9.47 Å².